The van der Waals surface area contributed by atoms with Crippen LogP contribution >= 0.6 is 0 Å². The summed E-state index contributed by atoms with van der Waals surface area (Å²) in [6.45, 7) is 0.898. The van der Waals surface area contributed by atoms with Crippen LogP contribution in [0.25, 0.3) is 10.9 Å². The highest BCUT2D eigenvalue weighted by Crippen LogP contribution is 2.45. The summed E-state index contributed by atoms with van der Waals surface area (Å²) in [6, 6.07) is 7.72. The van der Waals surface area contributed by atoms with Crippen molar-refractivity contribution in [2.45, 2.75) is 56.5 Å². The minimum Gasteiger partial charge on any atom is -0.350 e. The molecule has 2 aliphatic carbocycles. The second kappa shape index (κ2) is 6.37. The van der Waals surface area contributed by atoms with E-state index in [0.717, 1.165) is 19.4 Å². The van der Waals surface area contributed by atoms with E-state index in [1.54, 1.807) is 0 Å². The SMILES string of the molecule is CN(C(=O)[C@@H]1CC2c3cccc4c3c(cn4C)C[C@H]2N(C)C1)C1CCCC1. The zero-order valence-electron chi connectivity index (χ0n) is 16.8. The summed E-state index contributed by atoms with van der Waals surface area (Å²) in [6.07, 6.45) is 9.33. The normalized spacial score (nSPS) is 28.5. The monoisotopic (exact) mass is 365 g/mol. The molecule has 0 N–H and O–H groups in total. The van der Waals surface area contributed by atoms with Crippen LogP contribution in [0.5, 0.6) is 0 Å². The van der Waals surface area contributed by atoms with Gasteiger partial charge in [0.2, 0.25) is 5.91 Å². The van der Waals surface area contributed by atoms with Gasteiger partial charge < -0.3 is 14.4 Å². The van der Waals surface area contributed by atoms with Crippen LogP contribution in [-0.2, 0) is 18.3 Å². The van der Waals surface area contributed by atoms with Gasteiger partial charge in [0, 0.05) is 55.7 Å². The van der Waals surface area contributed by atoms with Crippen LogP contribution in [0.4, 0.5) is 0 Å². The molecule has 0 spiro atoms. The largest absolute Gasteiger partial charge is 0.350 e. The number of rotatable bonds is 2. The number of likely N-dealkylation sites (N-methyl/N-ethyl adjacent to an activating group) is 1. The summed E-state index contributed by atoms with van der Waals surface area (Å²) in [7, 11) is 6.42. The fraction of sp³-hybridized carbons (Fsp3) is 0.609. The lowest BCUT2D eigenvalue weighted by atomic mass is 9.72. The van der Waals surface area contributed by atoms with E-state index in [1.165, 1.54) is 47.7 Å². The molecule has 3 aliphatic rings. The zero-order valence-corrected chi connectivity index (χ0v) is 16.8. The fourth-order valence-electron chi connectivity index (χ4n) is 6.16. The van der Waals surface area contributed by atoms with E-state index in [2.05, 4.69) is 52.9 Å². The molecule has 1 aliphatic heterocycles. The van der Waals surface area contributed by atoms with Crippen molar-refractivity contribution in [2.24, 2.45) is 13.0 Å². The summed E-state index contributed by atoms with van der Waals surface area (Å²) in [5.41, 5.74) is 4.27. The number of amides is 1. The maximum absolute atomic E-state index is 13.3. The average Bonchev–Trinajstić information content (AvgIpc) is 3.31. The van der Waals surface area contributed by atoms with Crippen LogP contribution in [0.3, 0.4) is 0 Å². The van der Waals surface area contributed by atoms with Gasteiger partial charge >= 0.3 is 0 Å². The highest BCUT2D eigenvalue weighted by atomic mass is 16.2. The van der Waals surface area contributed by atoms with E-state index >= 15 is 0 Å². The van der Waals surface area contributed by atoms with Gasteiger partial charge in [-0.05, 0) is 49.9 Å². The number of likely N-dealkylation sites (tertiary alicyclic amines) is 1. The summed E-state index contributed by atoms with van der Waals surface area (Å²) in [5.74, 6) is 0.967. The maximum Gasteiger partial charge on any atom is 0.226 e. The van der Waals surface area contributed by atoms with E-state index in [1.807, 2.05) is 7.05 Å². The molecule has 4 heteroatoms. The van der Waals surface area contributed by atoms with Crippen LogP contribution in [0, 0.1) is 5.92 Å². The molecule has 2 heterocycles. The topological polar surface area (TPSA) is 28.5 Å². The molecular formula is C23H31N3O. The molecule has 2 aromatic rings. The van der Waals surface area contributed by atoms with Gasteiger partial charge in [0.05, 0.1) is 5.92 Å². The number of aryl methyl sites for hydroxylation is 1. The Morgan fingerprint density at radius 1 is 1.19 bits per heavy atom. The third kappa shape index (κ3) is 2.64. The predicted molar refractivity (Wildman–Crippen MR) is 109 cm³/mol. The van der Waals surface area contributed by atoms with Gasteiger partial charge in [0.1, 0.15) is 0 Å². The Morgan fingerprint density at radius 3 is 2.74 bits per heavy atom. The van der Waals surface area contributed by atoms with E-state index in [-0.39, 0.29) is 5.92 Å². The summed E-state index contributed by atoms with van der Waals surface area (Å²) >= 11 is 0. The van der Waals surface area contributed by atoms with Gasteiger partial charge in [-0.3, -0.25) is 4.79 Å². The highest BCUT2D eigenvalue weighted by Gasteiger charge is 2.42. The Morgan fingerprint density at radius 2 is 1.96 bits per heavy atom. The van der Waals surface area contributed by atoms with Crippen LogP contribution in [0.1, 0.15) is 49.1 Å². The van der Waals surface area contributed by atoms with Crippen molar-refractivity contribution in [3.05, 3.63) is 35.5 Å². The standard InChI is InChI=1S/C23H31N3O/c1-24-13-15-12-21-19(18-9-6-10-20(24)22(15)18)11-16(14-25(21)2)23(27)26(3)17-7-4-5-8-17/h6,9-10,13,16-17,19,21H,4-5,7-8,11-12,14H2,1-3H3/t16-,19?,21-/m1/s1. The van der Waals surface area contributed by atoms with Gasteiger partial charge in [-0.1, -0.05) is 25.0 Å². The third-order valence-electron chi connectivity index (χ3n) is 7.60. The number of hydrogen-bond acceptors (Lipinski definition) is 2. The Kier molecular flexibility index (Phi) is 4.08. The van der Waals surface area contributed by atoms with Gasteiger partial charge in [0.25, 0.3) is 0 Å². The van der Waals surface area contributed by atoms with Crippen LogP contribution in [-0.4, -0.2) is 53.0 Å². The third-order valence-corrected chi connectivity index (χ3v) is 7.60. The minimum absolute atomic E-state index is 0.127. The summed E-state index contributed by atoms with van der Waals surface area (Å²) in [5, 5.41) is 1.45. The molecule has 1 unspecified atom stereocenters. The van der Waals surface area contributed by atoms with Gasteiger partial charge in [-0.15, -0.1) is 0 Å². The molecule has 0 radical (unpaired) electrons. The molecule has 3 atom stereocenters. The Hall–Kier alpha value is -1.81. The molecule has 144 valence electrons. The van der Waals surface area contributed by atoms with Crippen molar-refractivity contribution in [2.75, 3.05) is 20.6 Å². The number of hydrogen-bond donors (Lipinski definition) is 0. The molecule has 0 bridgehead atoms. The number of nitrogens with zero attached hydrogens (tertiary/aromatic N) is 3. The first-order valence-electron chi connectivity index (χ1n) is 10.6. The number of fused-ring (bicyclic) bond motifs is 2. The molecule has 5 rings (SSSR count). The molecule has 1 aromatic carbocycles. The molecule has 1 saturated heterocycles. The van der Waals surface area contributed by atoms with Gasteiger partial charge in [-0.25, -0.2) is 0 Å². The first kappa shape index (κ1) is 17.3. The predicted octanol–water partition coefficient (Wildman–Crippen LogP) is 3.54. The van der Waals surface area contributed by atoms with Crippen molar-refractivity contribution in [3.8, 4) is 0 Å². The lowest BCUT2D eigenvalue weighted by Crippen LogP contribution is -2.52. The van der Waals surface area contributed by atoms with Crippen LogP contribution < -0.4 is 0 Å². The zero-order chi connectivity index (χ0) is 18.7. The first-order valence-corrected chi connectivity index (χ1v) is 10.6. The van der Waals surface area contributed by atoms with Crippen molar-refractivity contribution < 1.29 is 4.79 Å². The molecular weight excluding hydrogens is 334 g/mol. The van der Waals surface area contributed by atoms with Crippen molar-refractivity contribution >= 4 is 16.8 Å². The maximum atomic E-state index is 13.3. The van der Waals surface area contributed by atoms with E-state index < -0.39 is 0 Å². The summed E-state index contributed by atoms with van der Waals surface area (Å²) < 4.78 is 2.27. The number of aromatic nitrogens is 1. The second-order valence-corrected chi connectivity index (χ2v) is 9.14. The lowest BCUT2D eigenvalue weighted by molar-refractivity contribution is -0.138. The number of carbonyl (C=O) groups is 1. The average molecular weight is 366 g/mol. The van der Waals surface area contributed by atoms with Crippen molar-refractivity contribution in [1.29, 1.82) is 0 Å². The smallest absolute Gasteiger partial charge is 0.226 e. The summed E-state index contributed by atoms with van der Waals surface area (Å²) in [4.78, 5) is 17.8. The Balaban J connectivity index is 1.46. The quantitative estimate of drug-likeness (QED) is 0.814. The van der Waals surface area contributed by atoms with Gasteiger partial charge in [-0.2, -0.15) is 0 Å². The van der Waals surface area contributed by atoms with Crippen LogP contribution in [0.2, 0.25) is 0 Å². The highest BCUT2D eigenvalue weighted by molar-refractivity contribution is 5.89. The Bertz CT molecular complexity index is 879. The molecule has 4 nitrogen and oxygen atoms in total. The number of benzene rings is 1. The lowest BCUT2D eigenvalue weighted by Gasteiger charge is -2.46. The fourth-order valence-corrected chi connectivity index (χ4v) is 6.16. The van der Waals surface area contributed by atoms with E-state index in [4.69, 9.17) is 0 Å². The molecule has 1 amide bonds. The number of carbonyl (C=O) groups excluding carboxylic acids is 1. The van der Waals surface area contributed by atoms with E-state index in [9.17, 15) is 4.79 Å². The molecule has 2 fully saturated rings. The minimum atomic E-state index is 0.127. The van der Waals surface area contributed by atoms with Crippen molar-refractivity contribution in [3.63, 3.8) is 0 Å². The second-order valence-electron chi connectivity index (χ2n) is 9.14. The number of piperidine rings is 1. The van der Waals surface area contributed by atoms with Crippen LogP contribution in [0.15, 0.2) is 24.4 Å². The van der Waals surface area contributed by atoms with Gasteiger partial charge in [0.15, 0.2) is 0 Å². The Labute approximate surface area is 162 Å². The first-order chi connectivity index (χ1) is 13.0. The molecule has 1 aromatic heterocycles. The van der Waals surface area contributed by atoms with Crippen molar-refractivity contribution in [1.82, 2.24) is 14.4 Å². The van der Waals surface area contributed by atoms with E-state index in [0.29, 0.717) is 23.9 Å². The molecule has 27 heavy (non-hydrogen) atoms. The molecule has 1 saturated carbocycles.